The minimum absolute atomic E-state index is 0.777. The van der Waals surface area contributed by atoms with Crippen molar-refractivity contribution >= 4 is 0 Å². The molecule has 0 aromatic carbocycles. The number of nitrogens with one attached hydrogen (secondary N) is 2. The van der Waals surface area contributed by atoms with Crippen LogP contribution in [0.1, 0.15) is 25.7 Å². The Morgan fingerprint density at radius 3 is 2.57 bits per heavy atom. The molecular formula is C11H23N3. The number of likely N-dealkylation sites (tertiary alicyclic amines) is 1. The lowest BCUT2D eigenvalue weighted by Crippen LogP contribution is -2.42. The van der Waals surface area contributed by atoms with Crippen molar-refractivity contribution in [1.29, 1.82) is 0 Å². The molecule has 0 saturated carbocycles. The van der Waals surface area contributed by atoms with Gasteiger partial charge in [-0.05, 0) is 51.9 Å². The van der Waals surface area contributed by atoms with Crippen molar-refractivity contribution in [3.05, 3.63) is 0 Å². The van der Waals surface area contributed by atoms with Crippen LogP contribution in [0, 0.1) is 0 Å². The van der Waals surface area contributed by atoms with Gasteiger partial charge in [0.2, 0.25) is 0 Å². The van der Waals surface area contributed by atoms with Gasteiger partial charge in [0.25, 0.3) is 0 Å². The number of hydrogen-bond acceptors (Lipinski definition) is 3. The molecule has 2 fully saturated rings. The standard InChI is InChI=1S/C11H23N3/c1-2-9-14(8-1)10-7-13-11-3-5-12-6-4-11/h11-13H,1-10H2. The summed E-state index contributed by atoms with van der Waals surface area (Å²) in [4.78, 5) is 2.58. The molecule has 2 rings (SSSR count). The van der Waals surface area contributed by atoms with Crippen LogP contribution in [0.5, 0.6) is 0 Å². The molecule has 2 heterocycles. The molecule has 0 radical (unpaired) electrons. The molecule has 2 N–H and O–H groups in total. The van der Waals surface area contributed by atoms with Crippen molar-refractivity contribution < 1.29 is 0 Å². The van der Waals surface area contributed by atoms with Crippen molar-refractivity contribution in [2.24, 2.45) is 0 Å². The van der Waals surface area contributed by atoms with E-state index in [4.69, 9.17) is 0 Å². The van der Waals surface area contributed by atoms with Crippen molar-refractivity contribution in [2.75, 3.05) is 39.3 Å². The van der Waals surface area contributed by atoms with Crippen LogP contribution < -0.4 is 10.6 Å². The summed E-state index contributed by atoms with van der Waals surface area (Å²) < 4.78 is 0. The topological polar surface area (TPSA) is 27.3 Å². The third-order valence-electron chi connectivity index (χ3n) is 3.40. The molecule has 14 heavy (non-hydrogen) atoms. The van der Waals surface area contributed by atoms with Crippen LogP contribution >= 0.6 is 0 Å². The van der Waals surface area contributed by atoms with Crippen molar-refractivity contribution in [1.82, 2.24) is 15.5 Å². The van der Waals surface area contributed by atoms with Crippen molar-refractivity contribution in [3.8, 4) is 0 Å². The predicted molar refractivity (Wildman–Crippen MR) is 59.6 cm³/mol. The van der Waals surface area contributed by atoms with Crippen molar-refractivity contribution in [3.63, 3.8) is 0 Å². The van der Waals surface area contributed by atoms with Crippen LogP contribution in [0.25, 0.3) is 0 Å². The number of piperidine rings is 1. The van der Waals surface area contributed by atoms with E-state index in [9.17, 15) is 0 Å². The van der Waals surface area contributed by atoms with Gasteiger partial charge in [-0.2, -0.15) is 0 Å². The van der Waals surface area contributed by atoms with Gasteiger partial charge in [0.15, 0.2) is 0 Å². The summed E-state index contributed by atoms with van der Waals surface area (Å²) in [6, 6.07) is 0.777. The first-order valence-corrected chi connectivity index (χ1v) is 6.11. The highest BCUT2D eigenvalue weighted by atomic mass is 15.2. The van der Waals surface area contributed by atoms with Crippen LogP contribution in [0.4, 0.5) is 0 Å². The molecule has 82 valence electrons. The molecule has 0 aromatic rings. The normalized spacial score (nSPS) is 25.7. The summed E-state index contributed by atoms with van der Waals surface area (Å²) in [6.07, 6.45) is 5.43. The van der Waals surface area contributed by atoms with Gasteiger partial charge in [0, 0.05) is 19.1 Å². The maximum absolute atomic E-state index is 3.67. The Kier molecular flexibility index (Phi) is 4.22. The highest BCUT2D eigenvalue weighted by Crippen LogP contribution is 2.06. The Hall–Kier alpha value is -0.120. The van der Waals surface area contributed by atoms with Crippen LogP contribution in [-0.2, 0) is 0 Å². The van der Waals surface area contributed by atoms with Gasteiger partial charge in [-0.15, -0.1) is 0 Å². The van der Waals surface area contributed by atoms with E-state index in [1.165, 1.54) is 65.0 Å². The van der Waals surface area contributed by atoms with Gasteiger partial charge in [-0.25, -0.2) is 0 Å². The zero-order valence-corrected chi connectivity index (χ0v) is 9.10. The predicted octanol–water partition coefficient (Wildman–Crippen LogP) is 0.424. The Bertz CT molecular complexity index is 149. The van der Waals surface area contributed by atoms with E-state index < -0.39 is 0 Å². The number of rotatable bonds is 4. The van der Waals surface area contributed by atoms with E-state index in [2.05, 4.69) is 15.5 Å². The Morgan fingerprint density at radius 2 is 1.86 bits per heavy atom. The van der Waals surface area contributed by atoms with Crippen LogP contribution in [0.2, 0.25) is 0 Å². The average molecular weight is 197 g/mol. The molecule has 0 bridgehead atoms. The molecule has 0 atom stereocenters. The van der Waals surface area contributed by atoms with Crippen LogP contribution in [-0.4, -0.2) is 50.2 Å². The van der Waals surface area contributed by atoms with E-state index in [-0.39, 0.29) is 0 Å². The molecule has 0 unspecified atom stereocenters. The second kappa shape index (κ2) is 5.69. The van der Waals surface area contributed by atoms with Crippen LogP contribution in [0.15, 0.2) is 0 Å². The summed E-state index contributed by atoms with van der Waals surface area (Å²) in [6.45, 7) is 7.49. The third kappa shape index (κ3) is 3.23. The minimum atomic E-state index is 0.777. The lowest BCUT2D eigenvalue weighted by atomic mass is 10.1. The van der Waals surface area contributed by atoms with Gasteiger partial charge in [0.05, 0.1) is 0 Å². The maximum atomic E-state index is 3.67. The Balaban J connectivity index is 1.52. The molecule has 2 aliphatic rings. The van der Waals surface area contributed by atoms with Crippen molar-refractivity contribution in [2.45, 2.75) is 31.7 Å². The highest BCUT2D eigenvalue weighted by molar-refractivity contribution is 4.75. The zero-order valence-electron chi connectivity index (χ0n) is 9.10. The summed E-state index contributed by atoms with van der Waals surface area (Å²) in [7, 11) is 0. The lowest BCUT2D eigenvalue weighted by molar-refractivity contribution is 0.312. The monoisotopic (exact) mass is 197 g/mol. The minimum Gasteiger partial charge on any atom is -0.317 e. The quantitative estimate of drug-likeness (QED) is 0.684. The Morgan fingerprint density at radius 1 is 1.14 bits per heavy atom. The SMILES string of the molecule is C1CCN(CCNC2CCNCC2)C1. The second-order valence-electron chi connectivity index (χ2n) is 4.53. The summed E-state index contributed by atoms with van der Waals surface area (Å²) in [5.41, 5.74) is 0. The molecule has 0 aliphatic carbocycles. The van der Waals surface area contributed by atoms with Gasteiger partial charge in [0.1, 0.15) is 0 Å². The van der Waals surface area contributed by atoms with E-state index in [0.717, 1.165) is 6.04 Å². The highest BCUT2D eigenvalue weighted by Gasteiger charge is 2.14. The molecule has 0 aromatic heterocycles. The molecule has 0 amide bonds. The third-order valence-corrected chi connectivity index (χ3v) is 3.40. The van der Waals surface area contributed by atoms with Gasteiger partial charge < -0.3 is 15.5 Å². The molecule has 3 heteroatoms. The lowest BCUT2D eigenvalue weighted by Gasteiger charge is -2.25. The van der Waals surface area contributed by atoms with E-state index in [1.54, 1.807) is 0 Å². The van der Waals surface area contributed by atoms with E-state index in [1.807, 2.05) is 0 Å². The van der Waals surface area contributed by atoms with Gasteiger partial charge in [-0.3, -0.25) is 0 Å². The zero-order chi connectivity index (χ0) is 9.64. The summed E-state index contributed by atoms with van der Waals surface area (Å²) in [5.74, 6) is 0. The molecular weight excluding hydrogens is 174 g/mol. The van der Waals surface area contributed by atoms with Crippen LogP contribution in [0.3, 0.4) is 0 Å². The maximum Gasteiger partial charge on any atom is 0.0107 e. The van der Waals surface area contributed by atoms with Gasteiger partial charge in [-0.1, -0.05) is 0 Å². The summed E-state index contributed by atoms with van der Waals surface area (Å²) in [5, 5.41) is 7.06. The molecule has 2 saturated heterocycles. The second-order valence-corrected chi connectivity index (χ2v) is 4.53. The fraction of sp³-hybridized carbons (Fsp3) is 1.00. The molecule has 0 spiro atoms. The first kappa shape index (κ1) is 10.4. The first-order chi connectivity index (χ1) is 6.95. The largest absolute Gasteiger partial charge is 0.317 e. The fourth-order valence-electron chi connectivity index (χ4n) is 2.46. The van der Waals surface area contributed by atoms with Gasteiger partial charge >= 0.3 is 0 Å². The van der Waals surface area contributed by atoms with E-state index in [0.29, 0.717) is 0 Å². The average Bonchev–Trinajstić information content (AvgIpc) is 2.72. The molecule has 2 aliphatic heterocycles. The molecule has 3 nitrogen and oxygen atoms in total. The number of hydrogen-bond donors (Lipinski definition) is 2. The smallest absolute Gasteiger partial charge is 0.0107 e. The summed E-state index contributed by atoms with van der Waals surface area (Å²) >= 11 is 0. The van der Waals surface area contributed by atoms with E-state index >= 15 is 0 Å². The number of nitrogens with zero attached hydrogens (tertiary/aromatic N) is 1. The Labute approximate surface area is 87.2 Å². The first-order valence-electron chi connectivity index (χ1n) is 6.11. The fourth-order valence-corrected chi connectivity index (χ4v) is 2.46.